The van der Waals surface area contributed by atoms with Crippen molar-refractivity contribution in [1.82, 2.24) is 0 Å². The molecule has 4 nitrogen and oxygen atoms in total. The summed E-state index contributed by atoms with van der Waals surface area (Å²) in [6.45, 7) is 0. The molecule has 2 atom stereocenters. The minimum atomic E-state index is -2.61. The average molecular weight is 221 g/mol. The topological polar surface area (TPSA) is 75.4 Å². The number of nitrogens with two attached hydrogens (primary N) is 1. The van der Waals surface area contributed by atoms with E-state index >= 15 is 0 Å². The fraction of sp³-hybridized carbons (Fsp3) is 0.143. The lowest BCUT2D eigenvalue weighted by molar-refractivity contribution is 0.212. The summed E-state index contributed by atoms with van der Waals surface area (Å²) in [6, 6.07) is 6.40. The van der Waals surface area contributed by atoms with Gasteiger partial charge in [0.05, 0.1) is 11.4 Å². The molecule has 72 valence electrons. The second kappa shape index (κ2) is 4.69. The van der Waals surface area contributed by atoms with Gasteiger partial charge in [0.15, 0.2) is 0 Å². The summed E-state index contributed by atoms with van der Waals surface area (Å²) >= 11 is 3.01. The molecule has 0 amide bonds. The van der Waals surface area contributed by atoms with Crippen LogP contribution in [0.1, 0.15) is 11.8 Å². The maximum absolute atomic E-state index is 10.1. The highest BCUT2D eigenvalue weighted by atomic mass is 35.5. The molecular weight excluding hydrogens is 214 g/mol. The molecule has 0 saturated heterocycles. The summed E-state index contributed by atoms with van der Waals surface area (Å²) in [4.78, 5) is 0. The Morgan fingerprint density at radius 1 is 1.46 bits per heavy atom. The molecule has 1 aromatic rings. The van der Waals surface area contributed by atoms with Crippen LogP contribution in [0.5, 0.6) is 0 Å². The predicted octanol–water partition coefficient (Wildman–Crippen LogP) is 1.11. The quantitative estimate of drug-likeness (QED) is 0.612. The third-order valence-corrected chi connectivity index (χ3v) is 2.00. The molecule has 0 fully saturated rings. The van der Waals surface area contributed by atoms with Crippen molar-refractivity contribution in [2.75, 3.05) is 0 Å². The first kappa shape index (κ1) is 10.6. The van der Waals surface area contributed by atoms with Gasteiger partial charge in [0.1, 0.15) is 6.23 Å². The molecule has 0 aliphatic rings. The molecular formula is C7H7ClNO3S-. The van der Waals surface area contributed by atoms with Crippen molar-refractivity contribution in [1.29, 1.82) is 0 Å². The second-order valence-corrected chi connectivity index (χ2v) is 3.31. The monoisotopic (exact) mass is 220 g/mol. The van der Waals surface area contributed by atoms with E-state index < -0.39 is 17.6 Å². The van der Waals surface area contributed by atoms with Crippen molar-refractivity contribution in [3.05, 3.63) is 34.9 Å². The molecule has 0 radical (unpaired) electrons. The molecule has 0 spiro atoms. The Labute approximate surface area is 83.1 Å². The van der Waals surface area contributed by atoms with E-state index in [9.17, 15) is 8.76 Å². The first-order chi connectivity index (χ1) is 6.09. The van der Waals surface area contributed by atoms with Crippen molar-refractivity contribution in [2.24, 2.45) is 5.73 Å². The van der Waals surface area contributed by atoms with Gasteiger partial charge in [-0.1, -0.05) is 23.7 Å². The van der Waals surface area contributed by atoms with Crippen LogP contribution in [0, 0.1) is 0 Å². The maximum atomic E-state index is 10.1. The lowest BCUT2D eigenvalue weighted by atomic mass is 10.2. The zero-order chi connectivity index (χ0) is 9.84. The van der Waals surface area contributed by atoms with Crippen LogP contribution >= 0.6 is 11.6 Å². The van der Waals surface area contributed by atoms with Gasteiger partial charge < -0.3 is 10.3 Å². The molecule has 0 heterocycles. The third kappa shape index (κ3) is 3.41. The number of hydrogen-bond donors (Lipinski definition) is 1. The zero-order valence-corrected chi connectivity index (χ0v) is 8.05. The third-order valence-electron chi connectivity index (χ3n) is 1.38. The van der Waals surface area contributed by atoms with Crippen molar-refractivity contribution in [3.63, 3.8) is 0 Å². The van der Waals surface area contributed by atoms with E-state index in [1.807, 2.05) is 0 Å². The highest BCUT2D eigenvalue weighted by Crippen LogP contribution is 2.15. The fourth-order valence-corrected chi connectivity index (χ4v) is 1.20. The van der Waals surface area contributed by atoms with Gasteiger partial charge in [0.25, 0.3) is 0 Å². The average Bonchev–Trinajstić information content (AvgIpc) is 2.04. The summed E-state index contributed by atoms with van der Waals surface area (Å²) in [6.07, 6.45) is -0.976. The van der Waals surface area contributed by atoms with Crippen LogP contribution in [0.4, 0.5) is 0 Å². The van der Waals surface area contributed by atoms with E-state index in [1.54, 1.807) is 24.3 Å². The lowest BCUT2D eigenvalue weighted by Crippen LogP contribution is -2.15. The molecule has 0 bridgehead atoms. The van der Waals surface area contributed by atoms with Gasteiger partial charge in [0, 0.05) is 5.02 Å². The van der Waals surface area contributed by atoms with E-state index in [1.165, 1.54) is 0 Å². The van der Waals surface area contributed by atoms with Crippen LogP contribution in [0.3, 0.4) is 0 Å². The summed E-state index contributed by atoms with van der Waals surface area (Å²) in [5.41, 5.74) is 5.94. The van der Waals surface area contributed by atoms with E-state index in [-0.39, 0.29) is 0 Å². The van der Waals surface area contributed by atoms with Gasteiger partial charge >= 0.3 is 0 Å². The highest BCUT2D eigenvalue weighted by Gasteiger charge is 2.05. The highest BCUT2D eigenvalue weighted by molar-refractivity contribution is 7.74. The molecule has 0 aliphatic heterocycles. The Hall–Kier alpha value is -0.460. The molecule has 1 rings (SSSR count). The Morgan fingerprint density at radius 2 is 2.00 bits per heavy atom. The normalized spacial score (nSPS) is 15.3. The van der Waals surface area contributed by atoms with Gasteiger partial charge in [-0.2, -0.15) is 0 Å². The maximum Gasteiger partial charge on any atom is 0.147 e. The number of rotatable bonds is 3. The first-order valence-electron chi connectivity index (χ1n) is 3.37. The van der Waals surface area contributed by atoms with Crippen molar-refractivity contribution >= 4 is 23.0 Å². The minimum absolute atomic E-state index is 0.550. The lowest BCUT2D eigenvalue weighted by Gasteiger charge is -2.13. The Balaban J connectivity index is 2.71. The molecule has 13 heavy (non-hydrogen) atoms. The van der Waals surface area contributed by atoms with Crippen molar-refractivity contribution < 1.29 is 12.9 Å². The van der Waals surface area contributed by atoms with Crippen LogP contribution in [-0.2, 0) is 15.5 Å². The summed E-state index contributed by atoms with van der Waals surface area (Å²) in [7, 11) is 0. The van der Waals surface area contributed by atoms with E-state index in [4.69, 9.17) is 17.3 Å². The summed E-state index contributed by atoms with van der Waals surface area (Å²) < 4.78 is 24.6. The summed E-state index contributed by atoms with van der Waals surface area (Å²) in [5, 5.41) is 0.555. The smallest absolute Gasteiger partial charge is 0.147 e. The van der Waals surface area contributed by atoms with Gasteiger partial charge in [-0.15, -0.1) is 0 Å². The van der Waals surface area contributed by atoms with E-state index in [0.717, 1.165) is 0 Å². The van der Waals surface area contributed by atoms with Gasteiger partial charge in [0.2, 0.25) is 0 Å². The number of hydrogen-bond acceptors (Lipinski definition) is 4. The fourth-order valence-electron chi connectivity index (χ4n) is 0.793. The van der Waals surface area contributed by atoms with Crippen molar-refractivity contribution in [2.45, 2.75) is 6.23 Å². The Bertz CT molecular complexity index is 303. The molecule has 2 unspecified atom stereocenters. The van der Waals surface area contributed by atoms with Gasteiger partial charge in [-0.3, -0.25) is 4.18 Å². The van der Waals surface area contributed by atoms with Gasteiger partial charge in [-0.05, 0) is 17.7 Å². The number of benzene rings is 1. The van der Waals surface area contributed by atoms with Crippen LogP contribution in [0.15, 0.2) is 24.3 Å². The first-order valence-corrected chi connectivity index (χ1v) is 4.75. The van der Waals surface area contributed by atoms with Crippen LogP contribution in [-0.4, -0.2) is 8.76 Å². The number of halogens is 1. The Kier molecular flexibility index (Phi) is 3.83. The van der Waals surface area contributed by atoms with E-state index in [2.05, 4.69) is 4.18 Å². The minimum Gasteiger partial charge on any atom is -0.750 e. The second-order valence-electron chi connectivity index (χ2n) is 2.27. The predicted molar refractivity (Wildman–Crippen MR) is 48.4 cm³/mol. The standard InChI is InChI=1S/C7H8ClNO3S/c8-6-3-1-5(2-4-6)7(9)12-13(10)11/h1-4,7H,9H2,(H,10,11)/p-1. The SMILES string of the molecule is NC(OS(=O)[O-])c1ccc(Cl)cc1. The zero-order valence-electron chi connectivity index (χ0n) is 6.48. The van der Waals surface area contributed by atoms with Crippen LogP contribution < -0.4 is 5.73 Å². The molecule has 2 N–H and O–H groups in total. The van der Waals surface area contributed by atoms with E-state index in [0.29, 0.717) is 10.6 Å². The van der Waals surface area contributed by atoms with Crippen LogP contribution in [0.25, 0.3) is 0 Å². The van der Waals surface area contributed by atoms with Crippen molar-refractivity contribution in [3.8, 4) is 0 Å². The molecule has 0 saturated carbocycles. The Morgan fingerprint density at radius 3 is 2.46 bits per heavy atom. The molecule has 1 aromatic carbocycles. The van der Waals surface area contributed by atoms with Gasteiger partial charge in [-0.25, -0.2) is 4.21 Å². The molecule has 6 heteroatoms. The molecule has 0 aromatic heterocycles. The molecule has 0 aliphatic carbocycles. The van der Waals surface area contributed by atoms with Crippen LogP contribution in [0.2, 0.25) is 5.02 Å². The summed E-state index contributed by atoms with van der Waals surface area (Å²) in [5.74, 6) is 0. The largest absolute Gasteiger partial charge is 0.750 e.